The Bertz CT molecular complexity index is 72.2. The highest BCUT2D eigenvalue weighted by Crippen LogP contribution is 2.20. The fourth-order valence-electron chi connectivity index (χ4n) is 0.0714. The van der Waals surface area contributed by atoms with Gasteiger partial charge in [-0.1, -0.05) is 11.6 Å². The van der Waals surface area contributed by atoms with Gasteiger partial charge in [-0.25, -0.2) is 0 Å². The highest BCUT2D eigenvalue weighted by Gasteiger charge is 2.19. The third kappa shape index (κ3) is 7.12. The lowest BCUT2D eigenvalue weighted by Gasteiger charge is -1.94. The van der Waals surface area contributed by atoms with E-state index in [1.807, 2.05) is 0 Å². The van der Waals surface area contributed by atoms with Crippen LogP contribution in [0.5, 0.6) is 0 Å². The summed E-state index contributed by atoms with van der Waals surface area (Å²) in [7, 11) is 0. The zero-order valence-corrected chi connectivity index (χ0v) is 7.19. The van der Waals surface area contributed by atoms with E-state index in [0.29, 0.717) is 0 Å². The van der Waals surface area contributed by atoms with E-state index in [9.17, 15) is 0 Å². The second kappa shape index (κ2) is 3.20. The molecule has 0 aliphatic rings. The maximum Gasteiger partial charge on any atom is 0.366 e. The molecule has 0 aromatic carbocycles. The van der Waals surface area contributed by atoms with E-state index in [1.165, 1.54) is 11.2 Å². The Morgan fingerprint density at radius 2 is 1.57 bits per heavy atom. The van der Waals surface area contributed by atoms with Crippen molar-refractivity contribution in [3.05, 3.63) is 11.2 Å². The van der Waals surface area contributed by atoms with Crippen LogP contribution in [0.15, 0.2) is 11.2 Å². The van der Waals surface area contributed by atoms with E-state index in [2.05, 4.69) is 0 Å². The lowest BCUT2D eigenvalue weighted by molar-refractivity contribution is 2.45. The highest BCUT2D eigenvalue weighted by molar-refractivity contribution is 7.66. The summed E-state index contributed by atoms with van der Waals surface area (Å²) in [5.41, 5.74) is 2.61. The molecule has 5 heteroatoms. The molecule has 0 saturated carbocycles. The molecule has 0 bridgehead atoms. The average molecular weight is 196 g/mol. The number of hydrogen-bond donors (Lipinski definition) is 0. The van der Waals surface area contributed by atoms with Gasteiger partial charge in [0.1, 0.15) is 0 Å². The molecule has 42 valence electrons. The first-order valence-electron chi connectivity index (χ1n) is 1.41. The molecule has 0 atom stereocenters. The summed E-state index contributed by atoms with van der Waals surface area (Å²) in [6.45, 7) is 0. The van der Waals surface area contributed by atoms with Crippen molar-refractivity contribution < 1.29 is 0 Å². The molecule has 0 radical (unpaired) electrons. The normalized spacial score (nSPS) is 13.1. The summed E-state index contributed by atoms with van der Waals surface area (Å²) in [6, 6.07) is -2.55. The van der Waals surface area contributed by atoms with E-state index in [0.717, 1.165) is 0 Å². The second-order valence-electron chi connectivity index (χ2n) is 0.834. The number of rotatable bonds is 1. The molecule has 0 amide bonds. The second-order valence-corrected chi connectivity index (χ2v) is 9.61. The van der Waals surface area contributed by atoms with Crippen LogP contribution in [-0.4, -0.2) is 6.00 Å². The van der Waals surface area contributed by atoms with Gasteiger partial charge in [-0.3, -0.25) is 0 Å². The molecule has 0 aliphatic carbocycles. The Hall–Kier alpha value is 1.12. The van der Waals surface area contributed by atoms with Crippen molar-refractivity contribution in [3.8, 4) is 0 Å². The molecule has 7 heavy (non-hydrogen) atoms. The van der Waals surface area contributed by atoms with E-state index in [-0.39, 0.29) is 0 Å². The third-order valence-electron chi connectivity index (χ3n) is 0.252. The van der Waals surface area contributed by atoms with E-state index < -0.39 is 6.00 Å². The Balaban J connectivity index is 3.56. The summed E-state index contributed by atoms with van der Waals surface area (Å²) in [6.07, 6.45) is 0. The first kappa shape index (κ1) is 8.12. The minimum Gasteiger partial charge on any atom is -0.121 e. The van der Waals surface area contributed by atoms with Crippen molar-refractivity contribution in [3.63, 3.8) is 0 Å². The number of halogens is 4. The van der Waals surface area contributed by atoms with Gasteiger partial charge in [0.05, 0.1) is 0 Å². The van der Waals surface area contributed by atoms with Crippen molar-refractivity contribution in [2.24, 2.45) is 0 Å². The molecule has 0 unspecified atom stereocenters. The van der Waals surface area contributed by atoms with Gasteiger partial charge in [0, 0.05) is 0 Å². The van der Waals surface area contributed by atoms with Crippen molar-refractivity contribution in [1.29, 1.82) is 0 Å². The quantitative estimate of drug-likeness (QED) is 0.446. The van der Waals surface area contributed by atoms with Crippen molar-refractivity contribution in [2.45, 2.75) is 0 Å². The van der Waals surface area contributed by atoms with Gasteiger partial charge in [0.2, 0.25) is 0 Å². The molecular formula is C2H2Cl4Si. The Labute approximate surface area is 62.1 Å². The van der Waals surface area contributed by atoms with Crippen molar-refractivity contribution >= 4 is 50.8 Å². The van der Waals surface area contributed by atoms with Crippen molar-refractivity contribution in [1.82, 2.24) is 0 Å². The molecule has 0 nitrogen and oxygen atoms in total. The topological polar surface area (TPSA) is 0 Å². The standard InChI is InChI=1S/C2H2Cl4Si/c3-1-2-7(4,5)6/h1-2H/b2-1-. The first-order chi connectivity index (χ1) is 3.06. The summed E-state index contributed by atoms with van der Waals surface area (Å²) < 4.78 is 0. The van der Waals surface area contributed by atoms with Crippen LogP contribution in [0.1, 0.15) is 0 Å². The average Bonchev–Trinajstić information content (AvgIpc) is 1.30. The van der Waals surface area contributed by atoms with Crippen LogP contribution in [0, 0.1) is 0 Å². The van der Waals surface area contributed by atoms with Crippen LogP contribution in [0.25, 0.3) is 0 Å². The molecule has 0 heterocycles. The van der Waals surface area contributed by atoms with Gasteiger partial charge in [0.25, 0.3) is 0 Å². The van der Waals surface area contributed by atoms with Gasteiger partial charge in [-0.15, -0.1) is 33.2 Å². The van der Waals surface area contributed by atoms with Crippen LogP contribution in [-0.2, 0) is 0 Å². The van der Waals surface area contributed by atoms with Gasteiger partial charge >= 0.3 is 6.00 Å². The van der Waals surface area contributed by atoms with E-state index in [4.69, 9.17) is 44.8 Å². The summed E-state index contributed by atoms with van der Waals surface area (Å²) in [5, 5.41) is 0. The molecule has 0 aliphatic heterocycles. The molecule has 0 aromatic heterocycles. The van der Waals surface area contributed by atoms with E-state index in [1.54, 1.807) is 0 Å². The molecular weight excluding hydrogens is 194 g/mol. The molecule has 0 rings (SSSR count). The third-order valence-corrected chi connectivity index (χ3v) is 2.27. The van der Waals surface area contributed by atoms with E-state index >= 15 is 0 Å². The van der Waals surface area contributed by atoms with Gasteiger partial charge in [-0.2, -0.15) is 0 Å². The number of hydrogen-bond acceptors (Lipinski definition) is 0. The fraction of sp³-hybridized carbons (Fsp3) is 0. The van der Waals surface area contributed by atoms with Gasteiger partial charge in [-0.05, 0) is 11.2 Å². The van der Waals surface area contributed by atoms with Crippen LogP contribution in [0.2, 0.25) is 0 Å². The largest absolute Gasteiger partial charge is 0.366 e. The summed E-state index contributed by atoms with van der Waals surface area (Å²) >= 11 is 21.1. The molecule has 0 spiro atoms. The van der Waals surface area contributed by atoms with Gasteiger partial charge < -0.3 is 0 Å². The first-order valence-corrected chi connectivity index (χ1v) is 6.96. The van der Waals surface area contributed by atoms with Crippen LogP contribution < -0.4 is 0 Å². The highest BCUT2D eigenvalue weighted by atomic mass is 35.8. The lowest BCUT2D eigenvalue weighted by atomic mass is 11.3. The summed E-state index contributed by atoms with van der Waals surface area (Å²) in [4.78, 5) is 0. The Morgan fingerprint density at radius 3 is 1.57 bits per heavy atom. The maximum atomic E-state index is 5.33. The Morgan fingerprint density at radius 1 is 1.14 bits per heavy atom. The fourth-order valence-corrected chi connectivity index (χ4v) is 1.93. The van der Waals surface area contributed by atoms with Gasteiger partial charge in [0.15, 0.2) is 0 Å². The zero-order valence-electron chi connectivity index (χ0n) is 3.17. The zero-order chi connectivity index (χ0) is 5.91. The lowest BCUT2D eigenvalue weighted by Crippen LogP contribution is -2.02. The maximum absolute atomic E-state index is 5.33. The molecule has 0 saturated heterocycles. The smallest absolute Gasteiger partial charge is 0.121 e. The minimum absolute atomic E-state index is 1.22. The molecule has 0 fully saturated rings. The monoisotopic (exact) mass is 194 g/mol. The Kier molecular flexibility index (Phi) is 3.71. The summed E-state index contributed by atoms with van der Waals surface area (Å²) in [5.74, 6) is 0. The van der Waals surface area contributed by atoms with Crippen LogP contribution in [0.4, 0.5) is 0 Å². The predicted octanol–water partition coefficient (Wildman–Crippen LogP) is 2.93. The molecule has 0 aromatic rings. The van der Waals surface area contributed by atoms with Crippen LogP contribution in [0.3, 0.4) is 0 Å². The SMILES string of the molecule is Cl/C=C\[Si](Cl)(Cl)Cl. The molecule has 0 N–H and O–H groups in total. The minimum atomic E-state index is -2.55. The predicted molar refractivity (Wildman–Crippen MR) is 38.3 cm³/mol. The van der Waals surface area contributed by atoms with Crippen molar-refractivity contribution in [2.75, 3.05) is 0 Å². The van der Waals surface area contributed by atoms with Crippen LogP contribution >= 0.6 is 44.8 Å².